The molecule has 0 heterocycles. The fraction of sp³-hybridized carbons (Fsp3) is 0.667. The molecule has 1 saturated carbocycles. The minimum atomic E-state index is 0.649. The first-order valence-electron chi connectivity index (χ1n) is 7.95. The monoisotopic (exact) mass is 259 g/mol. The van der Waals surface area contributed by atoms with E-state index in [0.717, 1.165) is 11.8 Å². The zero-order valence-corrected chi connectivity index (χ0v) is 12.8. The lowest BCUT2D eigenvalue weighted by Gasteiger charge is -2.34. The molecule has 3 unspecified atom stereocenters. The van der Waals surface area contributed by atoms with Crippen LogP contribution in [0.5, 0.6) is 0 Å². The molecule has 106 valence electrons. The summed E-state index contributed by atoms with van der Waals surface area (Å²) in [5.41, 5.74) is 2.86. The van der Waals surface area contributed by atoms with Crippen LogP contribution < -0.4 is 5.32 Å². The average molecular weight is 259 g/mol. The largest absolute Gasteiger partial charge is 0.316 e. The summed E-state index contributed by atoms with van der Waals surface area (Å²) in [7, 11) is 2.13. The van der Waals surface area contributed by atoms with Gasteiger partial charge >= 0.3 is 0 Å². The molecular weight excluding hydrogens is 230 g/mol. The highest BCUT2D eigenvalue weighted by Crippen LogP contribution is 2.33. The van der Waals surface area contributed by atoms with Crippen LogP contribution in [-0.4, -0.2) is 13.1 Å². The molecule has 0 aromatic heterocycles. The first kappa shape index (κ1) is 14.6. The van der Waals surface area contributed by atoms with E-state index in [1.165, 1.54) is 49.7 Å². The van der Waals surface area contributed by atoms with Gasteiger partial charge in [-0.25, -0.2) is 0 Å². The van der Waals surface area contributed by atoms with Crippen LogP contribution >= 0.6 is 0 Å². The van der Waals surface area contributed by atoms with Crippen molar-refractivity contribution >= 4 is 0 Å². The Hall–Kier alpha value is -0.820. The maximum absolute atomic E-state index is 3.58. The Labute approximate surface area is 118 Å². The van der Waals surface area contributed by atoms with Crippen molar-refractivity contribution in [2.24, 2.45) is 11.8 Å². The third-order valence-corrected chi connectivity index (χ3v) is 4.88. The van der Waals surface area contributed by atoms with E-state index in [4.69, 9.17) is 0 Å². The van der Waals surface area contributed by atoms with Crippen LogP contribution in [0.3, 0.4) is 0 Å². The molecule has 19 heavy (non-hydrogen) atoms. The smallest absolute Gasteiger partial charge is 0.0133 e. The van der Waals surface area contributed by atoms with Gasteiger partial charge in [0.25, 0.3) is 0 Å². The summed E-state index contributed by atoms with van der Waals surface area (Å²) in [6, 6.07) is 9.64. The van der Waals surface area contributed by atoms with Gasteiger partial charge in [0.05, 0.1) is 0 Å². The Kier molecular flexibility index (Phi) is 5.45. The Bertz CT molecular complexity index is 385. The molecule has 1 heteroatoms. The molecule has 3 atom stereocenters. The van der Waals surface area contributed by atoms with Crippen molar-refractivity contribution in [2.75, 3.05) is 7.05 Å². The van der Waals surface area contributed by atoms with Gasteiger partial charge < -0.3 is 5.32 Å². The highest BCUT2D eigenvalue weighted by Gasteiger charge is 2.26. The molecule has 2 rings (SSSR count). The Morgan fingerprint density at radius 3 is 2.84 bits per heavy atom. The highest BCUT2D eigenvalue weighted by molar-refractivity contribution is 5.23. The van der Waals surface area contributed by atoms with Crippen molar-refractivity contribution < 1.29 is 0 Å². The second-order valence-corrected chi connectivity index (χ2v) is 6.29. The summed E-state index contributed by atoms with van der Waals surface area (Å²) in [6.07, 6.45) is 8.25. The Morgan fingerprint density at radius 2 is 2.16 bits per heavy atom. The van der Waals surface area contributed by atoms with E-state index in [9.17, 15) is 0 Å². The molecule has 0 amide bonds. The molecule has 0 radical (unpaired) electrons. The number of hydrogen-bond donors (Lipinski definition) is 1. The molecule has 0 aliphatic heterocycles. The second-order valence-electron chi connectivity index (χ2n) is 6.29. The molecule has 1 aliphatic rings. The maximum atomic E-state index is 3.58. The van der Waals surface area contributed by atoms with E-state index in [0.29, 0.717) is 6.04 Å². The molecule has 1 nitrogen and oxygen atoms in total. The SMILES string of the molecule is CCC1CCCC(C(Cc2cccc(C)c2)NC)C1. The van der Waals surface area contributed by atoms with Crippen LogP contribution in [0.15, 0.2) is 24.3 Å². The van der Waals surface area contributed by atoms with Gasteiger partial charge in [-0.05, 0) is 50.6 Å². The molecular formula is C18H29N. The highest BCUT2D eigenvalue weighted by atomic mass is 14.9. The van der Waals surface area contributed by atoms with E-state index < -0.39 is 0 Å². The summed E-state index contributed by atoms with van der Waals surface area (Å²) >= 11 is 0. The van der Waals surface area contributed by atoms with E-state index in [2.05, 4.69) is 50.5 Å². The van der Waals surface area contributed by atoms with Crippen LogP contribution in [0, 0.1) is 18.8 Å². The average Bonchev–Trinajstić information content (AvgIpc) is 2.45. The number of benzene rings is 1. The number of likely N-dealkylation sites (N-methyl/N-ethyl adjacent to an activating group) is 1. The van der Waals surface area contributed by atoms with Crippen LogP contribution in [0.2, 0.25) is 0 Å². The van der Waals surface area contributed by atoms with E-state index >= 15 is 0 Å². The molecule has 1 aromatic carbocycles. The summed E-state index contributed by atoms with van der Waals surface area (Å²) in [6.45, 7) is 4.54. The quantitative estimate of drug-likeness (QED) is 0.829. The van der Waals surface area contributed by atoms with Crippen LogP contribution in [0.4, 0.5) is 0 Å². The van der Waals surface area contributed by atoms with Gasteiger partial charge in [-0.3, -0.25) is 0 Å². The predicted molar refractivity (Wildman–Crippen MR) is 83.5 cm³/mol. The molecule has 1 aliphatic carbocycles. The standard InChI is InChI=1S/C18H29N/c1-4-15-8-6-10-17(12-15)18(19-3)13-16-9-5-7-14(2)11-16/h5,7,9,11,15,17-19H,4,6,8,10,12-13H2,1-3H3. The zero-order valence-electron chi connectivity index (χ0n) is 12.8. The molecule has 1 fully saturated rings. The predicted octanol–water partition coefficient (Wildman–Crippen LogP) is 4.34. The van der Waals surface area contributed by atoms with Crippen molar-refractivity contribution in [2.45, 2.75) is 58.4 Å². The third kappa shape index (κ3) is 4.07. The first-order valence-corrected chi connectivity index (χ1v) is 7.95. The van der Waals surface area contributed by atoms with Crippen molar-refractivity contribution in [3.05, 3.63) is 35.4 Å². The van der Waals surface area contributed by atoms with Gasteiger partial charge in [-0.1, -0.05) is 56.0 Å². The minimum absolute atomic E-state index is 0.649. The summed E-state index contributed by atoms with van der Waals surface area (Å²) in [4.78, 5) is 0. The zero-order chi connectivity index (χ0) is 13.7. The number of nitrogens with one attached hydrogen (secondary N) is 1. The Morgan fingerprint density at radius 1 is 1.32 bits per heavy atom. The lowest BCUT2D eigenvalue weighted by Crippen LogP contribution is -2.38. The topological polar surface area (TPSA) is 12.0 Å². The summed E-state index contributed by atoms with van der Waals surface area (Å²) < 4.78 is 0. The van der Waals surface area contributed by atoms with E-state index in [1.54, 1.807) is 0 Å². The fourth-order valence-electron chi connectivity index (χ4n) is 3.67. The van der Waals surface area contributed by atoms with E-state index in [-0.39, 0.29) is 0 Å². The lowest BCUT2D eigenvalue weighted by molar-refractivity contribution is 0.212. The van der Waals surface area contributed by atoms with Crippen molar-refractivity contribution in [1.29, 1.82) is 0 Å². The molecule has 0 saturated heterocycles. The summed E-state index contributed by atoms with van der Waals surface area (Å²) in [5.74, 6) is 1.83. The molecule has 0 bridgehead atoms. The summed E-state index contributed by atoms with van der Waals surface area (Å²) in [5, 5.41) is 3.58. The number of aryl methyl sites for hydroxylation is 1. The van der Waals surface area contributed by atoms with Gasteiger partial charge in [0, 0.05) is 6.04 Å². The van der Waals surface area contributed by atoms with Crippen molar-refractivity contribution in [3.63, 3.8) is 0 Å². The first-order chi connectivity index (χ1) is 9.22. The number of rotatable bonds is 5. The van der Waals surface area contributed by atoms with Gasteiger partial charge in [-0.2, -0.15) is 0 Å². The van der Waals surface area contributed by atoms with Crippen LogP contribution in [0.25, 0.3) is 0 Å². The minimum Gasteiger partial charge on any atom is -0.316 e. The van der Waals surface area contributed by atoms with Crippen LogP contribution in [0.1, 0.15) is 50.2 Å². The second kappa shape index (κ2) is 7.09. The lowest BCUT2D eigenvalue weighted by atomic mass is 9.75. The van der Waals surface area contributed by atoms with Gasteiger partial charge in [0.1, 0.15) is 0 Å². The normalized spacial score (nSPS) is 25.2. The van der Waals surface area contributed by atoms with Crippen molar-refractivity contribution in [3.8, 4) is 0 Å². The van der Waals surface area contributed by atoms with Gasteiger partial charge in [0.15, 0.2) is 0 Å². The molecule has 0 spiro atoms. The third-order valence-electron chi connectivity index (χ3n) is 4.88. The maximum Gasteiger partial charge on any atom is 0.0133 e. The van der Waals surface area contributed by atoms with Crippen LogP contribution in [-0.2, 0) is 6.42 Å². The molecule has 1 aromatic rings. The number of hydrogen-bond acceptors (Lipinski definition) is 1. The van der Waals surface area contributed by atoms with E-state index in [1.807, 2.05) is 0 Å². The Balaban J connectivity index is 1.99. The van der Waals surface area contributed by atoms with Gasteiger partial charge in [0.2, 0.25) is 0 Å². The van der Waals surface area contributed by atoms with Gasteiger partial charge in [-0.15, -0.1) is 0 Å². The fourth-order valence-corrected chi connectivity index (χ4v) is 3.67. The van der Waals surface area contributed by atoms with Crippen molar-refractivity contribution in [1.82, 2.24) is 5.32 Å². The molecule has 1 N–H and O–H groups in total.